The number of aryl methyl sites for hydroxylation is 1. The lowest BCUT2D eigenvalue weighted by Gasteiger charge is -2.19. The second-order valence-corrected chi connectivity index (χ2v) is 5.98. The summed E-state index contributed by atoms with van der Waals surface area (Å²) >= 11 is 0. The Kier molecular flexibility index (Phi) is 7.37. The fourth-order valence-electron chi connectivity index (χ4n) is 2.58. The van der Waals surface area contributed by atoms with Gasteiger partial charge in [0.05, 0.1) is 19.5 Å². The summed E-state index contributed by atoms with van der Waals surface area (Å²) in [7, 11) is 0. The maximum atomic E-state index is 5.64. The first-order chi connectivity index (χ1) is 10.3. The van der Waals surface area contributed by atoms with Gasteiger partial charge in [-0.15, -0.1) is 0 Å². The zero-order chi connectivity index (χ0) is 14.8. The standard InChI is InChI=1S/C14H18O2.C5H10/c1-12-5-7-13(8-6-12)10-15-11-14-4-2-3-9-16-14;1-2-4-5-3-1/h3,5-9,14H,2,4,10-11H2,1H3;1-5H2. The van der Waals surface area contributed by atoms with Crippen LogP contribution in [0, 0.1) is 6.92 Å². The molecule has 0 aromatic heterocycles. The molecule has 1 unspecified atom stereocenters. The van der Waals surface area contributed by atoms with E-state index in [4.69, 9.17) is 9.47 Å². The molecule has 2 heteroatoms. The molecule has 0 bridgehead atoms. The van der Waals surface area contributed by atoms with E-state index in [1.54, 1.807) is 6.26 Å². The fourth-order valence-corrected chi connectivity index (χ4v) is 2.58. The van der Waals surface area contributed by atoms with Gasteiger partial charge in [0.25, 0.3) is 0 Å². The number of ether oxygens (including phenoxy) is 2. The average Bonchev–Trinajstić information content (AvgIpc) is 3.10. The van der Waals surface area contributed by atoms with Crippen LogP contribution in [0.1, 0.15) is 56.1 Å². The normalized spacial score (nSPS) is 20.5. The van der Waals surface area contributed by atoms with E-state index in [2.05, 4.69) is 37.3 Å². The maximum absolute atomic E-state index is 5.64. The van der Waals surface area contributed by atoms with Crippen molar-refractivity contribution >= 4 is 0 Å². The molecule has 3 rings (SSSR count). The largest absolute Gasteiger partial charge is 0.496 e. The van der Waals surface area contributed by atoms with E-state index in [-0.39, 0.29) is 6.10 Å². The average molecular weight is 288 g/mol. The van der Waals surface area contributed by atoms with E-state index >= 15 is 0 Å². The van der Waals surface area contributed by atoms with Crippen LogP contribution in [0.25, 0.3) is 0 Å². The fraction of sp³-hybridized carbons (Fsp3) is 0.579. The highest BCUT2D eigenvalue weighted by Gasteiger charge is 2.10. The Bertz CT molecular complexity index is 396. The lowest BCUT2D eigenvalue weighted by Crippen LogP contribution is -2.19. The molecule has 1 aromatic carbocycles. The molecule has 0 N–H and O–H groups in total. The third-order valence-corrected chi connectivity index (χ3v) is 3.97. The van der Waals surface area contributed by atoms with Gasteiger partial charge in [-0.25, -0.2) is 0 Å². The van der Waals surface area contributed by atoms with Gasteiger partial charge >= 0.3 is 0 Å². The van der Waals surface area contributed by atoms with Gasteiger partial charge in [0.15, 0.2) is 0 Å². The summed E-state index contributed by atoms with van der Waals surface area (Å²) in [4.78, 5) is 0. The van der Waals surface area contributed by atoms with Crippen molar-refractivity contribution in [1.82, 2.24) is 0 Å². The minimum Gasteiger partial charge on any atom is -0.496 e. The van der Waals surface area contributed by atoms with Crippen molar-refractivity contribution in [2.45, 2.75) is 64.6 Å². The molecule has 0 spiro atoms. The predicted octanol–water partition coefficient (Wildman–Crippen LogP) is 5.15. The first-order valence-electron chi connectivity index (χ1n) is 8.28. The number of hydrogen-bond donors (Lipinski definition) is 0. The highest BCUT2D eigenvalue weighted by atomic mass is 16.5. The third-order valence-electron chi connectivity index (χ3n) is 3.97. The van der Waals surface area contributed by atoms with Crippen LogP contribution >= 0.6 is 0 Å². The molecular formula is C19H28O2. The van der Waals surface area contributed by atoms with Gasteiger partial charge < -0.3 is 9.47 Å². The smallest absolute Gasteiger partial charge is 0.121 e. The molecule has 1 heterocycles. The summed E-state index contributed by atoms with van der Waals surface area (Å²) in [6, 6.07) is 8.44. The highest BCUT2D eigenvalue weighted by molar-refractivity contribution is 5.20. The third kappa shape index (κ3) is 6.81. The molecule has 1 aliphatic carbocycles. The Morgan fingerprint density at radius 3 is 2.29 bits per heavy atom. The van der Waals surface area contributed by atoms with Gasteiger partial charge in [0.2, 0.25) is 0 Å². The molecule has 1 saturated carbocycles. The van der Waals surface area contributed by atoms with Crippen molar-refractivity contribution in [1.29, 1.82) is 0 Å². The molecule has 1 aromatic rings. The Morgan fingerprint density at radius 1 is 1.05 bits per heavy atom. The van der Waals surface area contributed by atoms with Crippen molar-refractivity contribution in [3.8, 4) is 0 Å². The summed E-state index contributed by atoms with van der Waals surface area (Å²) < 4.78 is 11.1. The Hall–Kier alpha value is -1.28. The quantitative estimate of drug-likeness (QED) is 0.762. The van der Waals surface area contributed by atoms with Crippen LogP contribution in [0.4, 0.5) is 0 Å². The van der Waals surface area contributed by atoms with Crippen LogP contribution in [0.15, 0.2) is 36.6 Å². The van der Waals surface area contributed by atoms with Crippen molar-refractivity contribution < 1.29 is 9.47 Å². The van der Waals surface area contributed by atoms with Crippen LogP contribution in [0.5, 0.6) is 0 Å². The second kappa shape index (κ2) is 9.62. The van der Waals surface area contributed by atoms with Gasteiger partial charge in [-0.2, -0.15) is 0 Å². The van der Waals surface area contributed by atoms with E-state index in [0.717, 1.165) is 12.8 Å². The maximum Gasteiger partial charge on any atom is 0.121 e. The summed E-state index contributed by atoms with van der Waals surface area (Å²) in [6.45, 7) is 3.44. The van der Waals surface area contributed by atoms with Crippen molar-refractivity contribution in [2.24, 2.45) is 0 Å². The second-order valence-electron chi connectivity index (χ2n) is 5.98. The Morgan fingerprint density at radius 2 is 1.71 bits per heavy atom. The van der Waals surface area contributed by atoms with Crippen molar-refractivity contribution in [3.05, 3.63) is 47.7 Å². The SMILES string of the molecule is C1CCCC1.Cc1ccc(COCC2CCC=CO2)cc1. The lowest BCUT2D eigenvalue weighted by atomic mass is 10.1. The van der Waals surface area contributed by atoms with Crippen LogP contribution in [0.2, 0.25) is 0 Å². The molecular weight excluding hydrogens is 260 g/mol. The predicted molar refractivity (Wildman–Crippen MR) is 87.2 cm³/mol. The molecule has 116 valence electrons. The van der Waals surface area contributed by atoms with Crippen molar-refractivity contribution in [3.63, 3.8) is 0 Å². The monoisotopic (exact) mass is 288 g/mol. The molecule has 2 aliphatic rings. The van der Waals surface area contributed by atoms with E-state index < -0.39 is 0 Å². The van der Waals surface area contributed by atoms with Crippen LogP contribution in [-0.4, -0.2) is 12.7 Å². The zero-order valence-electron chi connectivity index (χ0n) is 13.2. The van der Waals surface area contributed by atoms with E-state index in [0.29, 0.717) is 13.2 Å². The van der Waals surface area contributed by atoms with Crippen molar-refractivity contribution in [2.75, 3.05) is 6.61 Å². The number of rotatable bonds is 4. The first kappa shape index (κ1) is 16.1. The zero-order valence-corrected chi connectivity index (χ0v) is 13.2. The lowest BCUT2D eigenvalue weighted by molar-refractivity contribution is 0.0109. The van der Waals surface area contributed by atoms with Gasteiger partial charge in [0, 0.05) is 0 Å². The molecule has 1 fully saturated rings. The number of allylic oxidation sites excluding steroid dienone is 1. The van der Waals surface area contributed by atoms with Crippen LogP contribution in [0.3, 0.4) is 0 Å². The molecule has 0 saturated heterocycles. The molecule has 1 aliphatic heterocycles. The molecule has 0 radical (unpaired) electrons. The van der Waals surface area contributed by atoms with Gasteiger partial charge in [-0.1, -0.05) is 61.9 Å². The molecule has 1 atom stereocenters. The molecule has 0 amide bonds. The van der Waals surface area contributed by atoms with Gasteiger partial charge in [-0.3, -0.25) is 0 Å². The van der Waals surface area contributed by atoms with Crippen LogP contribution in [-0.2, 0) is 16.1 Å². The summed E-state index contributed by atoms with van der Waals surface area (Å²) in [5.41, 5.74) is 2.50. The molecule has 21 heavy (non-hydrogen) atoms. The number of hydrogen-bond acceptors (Lipinski definition) is 2. The molecule has 2 nitrogen and oxygen atoms in total. The van der Waals surface area contributed by atoms with Crippen LogP contribution < -0.4 is 0 Å². The van der Waals surface area contributed by atoms with E-state index in [1.165, 1.54) is 43.2 Å². The highest BCUT2D eigenvalue weighted by Crippen LogP contribution is 2.15. The topological polar surface area (TPSA) is 18.5 Å². The van der Waals surface area contributed by atoms with E-state index in [9.17, 15) is 0 Å². The van der Waals surface area contributed by atoms with Gasteiger partial charge in [-0.05, 0) is 31.4 Å². The first-order valence-corrected chi connectivity index (χ1v) is 8.28. The van der Waals surface area contributed by atoms with Gasteiger partial charge in [0.1, 0.15) is 6.10 Å². The summed E-state index contributed by atoms with van der Waals surface area (Å²) in [5, 5.41) is 0. The summed E-state index contributed by atoms with van der Waals surface area (Å²) in [6.07, 6.45) is 13.7. The minimum absolute atomic E-state index is 0.232. The summed E-state index contributed by atoms with van der Waals surface area (Å²) in [5.74, 6) is 0. The number of benzene rings is 1. The Labute approximate surface area is 129 Å². The Balaban J connectivity index is 0.000000272. The van der Waals surface area contributed by atoms with E-state index in [1.807, 2.05) is 0 Å². The minimum atomic E-state index is 0.232.